The topological polar surface area (TPSA) is 49.3 Å². The first kappa shape index (κ1) is 16.1. The van der Waals surface area contributed by atoms with Crippen molar-refractivity contribution in [3.8, 4) is 0 Å². The third-order valence-corrected chi connectivity index (χ3v) is 3.45. The second kappa shape index (κ2) is 8.27. The van der Waals surface area contributed by atoms with E-state index in [0.717, 1.165) is 12.8 Å². The molecule has 0 radical (unpaired) electrons. The summed E-state index contributed by atoms with van der Waals surface area (Å²) < 4.78 is 14.2. The number of rotatable bonds is 7. The van der Waals surface area contributed by atoms with Crippen molar-refractivity contribution >= 4 is 21.8 Å². The molecule has 0 bridgehead atoms. The average molecular weight is 332 g/mol. The molecule has 0 fully saturated rings. The summed E-state index contributed by atoms with van der Waals surface area (Å²) in [5, 5.41) is 11.7. The van der Waals surface area contributed by atoms with E-state index < -0.39 is 11.7 Å². The second-order valence-corrected chi connectivity index (χ2v) is 5.42. The largest absolute Gasteiger partial charge is 0.396 e. The number of nitrogens with one attached hydrogen (secondary N) is 1. The van der Waals surface area contributed by atoms with Crippen LogP contribution >= 0.6 is 15.9 Å². The Kier molecular flexibility index (Phi) is 7.02. The van der Waals surface area contributed by atoms with Crippen molar-refractivity contribution in [1.82, 2.24) is 5.32 Å². The number of aliphatic hydroxyl groups is 1. The van der Waals surface area contributed by atoms with Gasteiger partial charge < -0.3 is 10.4 Å². The van der Waals surface area contributed by atoms with Gasteiger partial charge >= 0.3 is 0 Å². The number of carbonyl (C=O) groups excluding carboxylic acids is 1. The smallest absolute Gasteiger partial charge is 0.254 e. The van der Waals surface area contributed by atoms with Gasteiger partial charge in [-0.15, -0.1) is 0 Å². The highest BCUT2D eigenvalue weighted by Gasteiger charge is 2.14. The summed E-state index contributed by atoms with van der Waals surface area (Å²) in [6.07, 6.45) is 2.58. The van der Waals surface area contributed by atoms with Gasteiger partial charge in [0.05, 0.1) is 5.56 Å². The van der Waals surface area contributed by atoms with E-state index in [0.29, 0.717) is 17.4 Å². The number of carbonyl (C=O) groups is 1. The fourth-order valence-corrected chi connectivity index (χ4v) is 2.28. The third-order valence-electron chi connectivity index (χ3n) is 2.96. The Labute approximate surface area is 121 Å². The molecule has 0 aromatic heterocycles. The Morgan fingerprint density at radius 1 is 1.47 bits per heavy atom. The van der Waals surface area contributed by atoms with E-state index >= 15 is 0 Å². The van der Waals surface area contributed by atoms with Crippen molar-refractivity contribution in [2.24, 2.45) is 5.92 Å². The quantitative estimate of drug-likeness (QED) is 0.806. The van der Waals surface area contributed by atoms with Crippen LogP contribution in [-0.2, 0) is 0 Å². The lowest BCUT2D eigenvalue weighted by Crippen LogP contribution is -2.30. The van der Waals surface area contributed by atoms with Crippen molar-refractivity contribution in [3.63, 3.8) is 0 Å². The minimum Gasteiger partial charge on any atom is -0.396 e. The van der Waals surface area contributed by atoms with Crippen molar-refractivity contribution in [2.45, 2.75) is 26.2 Å². The van der Waals surface area contributed by atoms with Gasteiger partial charge in [-0.1, -0.05) is 29.3 Å². The summed E-state index contributed by atoms with van der Waals surface area (Å²) in [5.41, 5.74) is 0.0439. The molecule has 1 atom stereocenters. The van der Waals surface area contributed by atoms with Crippen molar-refractivity contribution in [3.05, 3.63) is 34.1 Å². The summed E-state index contributed by atoms with van der Waals surface area (Å²) in [4.78, 5) is 11.9. The van der Waals surface area contributed by atoms with E-state index in [2.05, 4.69) is 28.2 Å². The Balaban J connectivity index is 2.58. The lowest BCUT2D eigenvalue weighted by molar-refractivity contribution is 0.0939. The van der Waals surface area contributed by atoms with E-state index in [9.17, 15) is 9.18 Å². The molecule has 2 N–H and O–H groups in total. The van der Waals surface area contributed by atoms with Crippen LogP contribution in [0.25, 0.3) is 0 Å². The number of benzene rings is 1. The lowest BCUT2D eigenvalue weighted by Gasteiger charge is -2.15. The zero-order chi connectivity index (χ0) is 14.3. The molecular weight excluding hydrogens is 313 g/mol. The maximum atomic E-state index is 13.6. The minimum absolute atomic E-state index is 0.0439. The minimum atomic E-state index is -0.541. The third kappa shape index (κ3) is 5.28. The average Bonchev–Trinajstić information content (AvgIpc) is 2.36. The van der Waals surface area contributed by atoms with Crippen LogP contribution in [0.4, 0.5) is 4.39 Å². The summed E-state index contributed by atoms with van der Waals surface area (Å²) in [6.45, 7) is 2.62. The van der Waals surface area contributed by atoms with E-state index in [1.807, 2.05) is 0 Å². The number of halogens is 2. The first-order valence-electron chi connectivity index (χ1n) is 6.42. The molecule has 0 aliphatic carbocycles. The lowest BCUT2D eigenvalue weighted by atomic mass is 10.00. The predicted octanol–water partition coefficient (Wildman–Crippen LogP) is 3.12. The summed E-state index contributed by atoms with van der Waals surface area (Å²) in [7, 11) is 0. The van der Waals surface area contributed by atoms with Gasteiger partial charge in [0.25, 0.3) is 5.91 Å². The highest BCUT2D eigenvalue weighted by molar-refractivity contribution is 9.10. The van der Waals surface area contributed by atoms with Crippen molar-refractivity contribution in [2.75, 3.05) is 13.2 Å². The van der Waals surface area contributed by atoms with Gasteiger partial charge in [-0.05, 0) is 37.0 Å². The monoisotopic (exact) mass is 331 g/mol. The second-order valence-electron chi connectivity index (χ2n) is 4.50. The van der Waals surface area contributed by atoms with Gasteiger partial charge in [0, 0.05) is 17.6 Å². The van der Waals surface area contributed by atoms with Gasteiger partial charge in [0.2, 0.25) is 0 Å². The number of amides is 1. The Morgan fingerprint density at radius 2 is 2.21 bits per heavy atom. The molecule has 5 heteroatoms. The van der Waals surface area contributed by atoms with Crippen LogP contribution in [0, 0.1) is 11.7 Å². The summed E-state index contributed by atoms with van der Waals surface area (Å²) in [6, 6.07) is 4.36. The van der Waals surface area contributed by atoms with Gasteiger partial charge in [-0.25, -0.2) is 4.39 Å². The number of hydrogen-bond donors (Lipinski definition) is 2. The molecule has 0 heterocycles. The Morgan fingerprint density at radius 3 is 2.79 bits per heavy atom. The first-order chi connectivity index (χ1) is 9.08. The molecular formula is C14H19BrFNO2. The molecule has 1 aromatic carbocycles. The molecule has 0 aliphatic rings. The van der Waals surface area contributed by atoms with E-state index in [4.69, 9.17) is 5.11 Å². The van der Waals surface area contributed by atoms with E-state index in [-0.39, 0.29) is 18.1 Å². The molecule has 1 amide bonds. The molecule has 106 valence electrons. The molecule has 1 aromatic rings. The van der Waals surface area contributed by atoms with Crippen LogP contribution in [0.3, 0.4) is 0 Å². The van der Waals surface area contributed by atoms with Gasteiger partial charge in [0.1, 0.15) is 5.82 Å². The summed E-state index contributed by atoms with van der Waals surface area (Å²) >= 11 is 3.15. The van der Waals surface area contributed by atoms with Crippen molar-refractivity contribution in [1.29, 1.82) is 0 Å². The zero-order valence-electron chi connectivity index (χ0n) is 11.0. The molecule has 0 spiro atoms. The number of hydrogen-bond acceptors (Lipinski definition) is 2. The van der Waals surface area contributed by atoms with Gasteiger partial charge in [-0.2, -0.15) is 0 Å². The molecule has 19 heavy (non-hydrogen) atoms. The van der Waals surface area contributed by atoms with E-state index in [1.54, 1.807) is 6.07 Å². The normalized spacial score (nSPS) is 12.2. The first-order valence-corrected chi connectivity index (χ1v) is 7.21. The van der Waals surface area contributed by atoms with Crippen LogP contribution in [0.15, 0.2) is 22.7 Å². The fourth-order valence-electron chi connectivity index (χ4n) is 1.95. The van der Waals surface area contributed by atoms with Crippen LogP contribution in [0.5, 0.6) is 0 Å². The highest BCUT2D eigenvalue weighted by atomic mass is 79.9. The molecule has 1 unspecified atom stereocenters. The molecule has 3 nitrogen and oxygen atoms in total. The summed E-state index contributed by atoms with van der Waals surface area (Å²) in [5.74, 6) is -0.720. The Bertz CT molecular complexity index is 420. The predicted molar refractivity (Wildman–Crippen MR) is 76.5 cm³/mol. The van der Waals surface area contributed by atoms with Crippen LogP contribution in [-0.4, -0.2) is 24.2 Å². The maximum absolute atomic E-state index is 13.6. The Hall–Kier alpha value is -0.940. The molecule has 0 saturated carbocycles. The van der Waals surface area contributed by atoms with Crippen LogP contribution < -0.4 is 5.32 Å². The van der Waals surface area contributed by atoms with Crippen LogP contribution in [0.2, 0.25) is 0 Å². The van der Waals surface area contributed by atoms with Crippen molar-refractivity contribution < 1.29 is 14.3 Å². The van der Waals surface area contributed by atoms with E-state index in [1.165, 1.54) is 12.1 Å². The van der Waals surface area contributed by atoms with Gasteiger partial charge in [0.15, 0.2) is 0 Å². The van der Waals surface area contributed by atoms with Crippen LogP contribution in [0.1, 0.15) is 36.5 Å². The standard InChI is InChI=1S/C14H19BrFNO2/c1-2-3-10(6-7-18)9-17-14(19)12-5-4-11(15)8-13(12)16/h4-5,8,10,18H,2-3,6-7,9H2,1H3,(H,17,19). The number of aliphatic hydroxyl groups excluding tert-OH is 1. The maximum Gasteiger partial charge on any atom is 0.254 e. The molecule has 0 saturated heterocycles. The SMILES string of the molecule is CCCC(CCO)CNC(=O)c1ccc(Br)cc1F. The zero-order valence-corrected chi connectivity index (χ0v) is 12.5. The molecule has 0 aliphatic heterocycles. The van der Waals surface area contributed by atoms with Gasteiger partial charge in [-0.3, -0.25) is 4.79 Å². The fraction of sp³-hybridized carbons (Fsp3) is 0.500. The highest BCUT2D eigenvalue weighted by Crippen LogP contribution is 2.15. The molecule has 1 rings (SSSR count).